The average Bonchev–Trinajstić information content (AvgIpc) is 2.99. The lowest BCUT2D eigenvalue weighted by molar-refractivity contribution is 0.179. The first-order valence-corrected chi connectivity index (χ1v) is 8.19. The third-order valence-electron chi connectivity index (χ3n) is 3.21. The fourth-order valence-corrected chi connectivity index (χ4v) is 3.30. The van der Waals surface area contributed by atoms with Gasteiger partial charge in [-0.1, -0.05) is 29.3 Å². The third-order valence-corrected chi connectivity index (χ3v) is 5.01. The summed E-state index contributed by atoms with van der Waals surface area (Å²) in [5, 5.41) is 12.1. The Morgan fingerprint density at radius 1 is 1.09 bits per heavy atom. The van der Waals surface area contributed by atoms with E-state index in [1.165, 1.54) is 11.3 Å². The second kappa shape index (κ2) is 6.75. The van der Waals surface area contributed by atoms with Crippen LogP contribution in [-0.4, -0.2) is 15.1 Å². The zero-order valence-electron chi connectivity index (χ0n) is 11.4. The van der Waals surface area contributed by atoms with Gasteiger partial charge in [0.05, 0.1) is 16.1 Å². The van der Waals surface area contributed by atoms with Crippen LogP contribution in [0.2, 0.25) is 10.0 Å². The van der Waals surface area contributed by atoms with Crippen molar-refractivity contribution in [2.24, 2.45) is 0 Å². The van der Waals surface area contributed by atoms with Gasteiger partial charge < -0.3 is 5.11 Å². The van der Waals surface area contributed by atoms with Crippen LogP contribution in [0.25, 0.3) is 10.6 Å². The molecule has 3 aromatic rings. The number of aliphatic hydroxyl groups is 1. The molecule has 1 aromatic carbocycles. The molecule has 0 aliphatic heterocycles. The number of hydrogen-bond acceptors (Lipinski definition) is 4. The molecule has 0 saturated heterocycles. The van der Waals surface area contributed by atoms with Crippen molar-refractivity contribution in [1.29, 1.82) is 0 Å². The molecule has 22 heavy (non-hydrogen) atoms. The van der Waals surface area contributed by atoms with Crippen molar-refractivity contribution < 1.29 is 5.11 Å². The first-order valence-electron chi connectivity index (χ1n) is 6.61. The normalized spacial score (nSPS) is 12.3. The minimum absolute atomic E-state index is 0.507. The summed E-state index contributed by atoms with van der Waals surface area (Å²) in [6, 6.07) is 9.06. The van der Waals surface area contributed by atoms with Gasteiger partial charge in [0, 0.05) is 35.5 Å². The molecule has 0 fully saturated rings. The highest BCUT2D eigenvalue weighted by Gasteiger charge is 2.12. The van der Waals surface area contributed by atoms with E-state index in [1.807, 2.05) is 18.2 Å². The highest BCUT2D eigenvalue weighted by atomic mass is 35.5. The minimum atomic E-state index is -0.565. The van der Waals surface area contributed by atoms with E-state index in [-0.39, 0.29) is 0 Å². The van der Waals surface area contributed by atoms with Gasteiger partial charge in [0.1, 0.15) is 5.01 Å². The van der Waals surface area contributed by atoms with Crippen LogP contribution < -0.4 is 0 Å². The monoisotopic (exact) mass is 350 g/mol. The van der Waals surface area contributed by atoms with Gasteiger partial charge in [-0.15, -0.1) is 11.3 Å². The largest absolute Gasteiger partial charge is 0.388 e. The van der Waals surface area contributed by atoms with Gasteiger partial charge in [0.25, 0.3) is 0 Å². The van der Waals surface area contributed by atoms with Crippen LogP contribution in [0.5, 0.6) is 0 Å². The molecule has 2 heterocycles. The molecule has 0 bridgehead atoms. The van der Waals surface area contributed by atoms with Crippen LogP contribution in [0.15, 0.2) is 48.9 Å². The summed E-state index contributed by atoms with van der Waals surface area (Å²) in [5.74, 6) is 0. The topological polar surface area (TPSA) is 46.0 Å². The molecule has 0 radical (unpaired) electrons. The second-order valence-electron chi connectivity index (χ2n) is 4.76. The molecule has 1 N–H and O–H groups in total. The van der Waals surface area contributed by atoms with E-state index in [4.69, 9.17) is 23.2 Å². The van der Waals surface area contributed by atoms with Crippen molar-refractivity contribution in [1.82, 2.24) is 9.97 Å². The molecule has 112 valence electrons. The number of thiazole rings is 1. The lowest BCUT2D eigenvalue weighted by Gasteiger charge is -2.08. The number of hydrogen-bond donors (Lipinski definition) is 1. The predicted octanol–water partition coefficient (Wildman–Crippen LogP) is 4.79. The van der Waals surface area contributed by atoms with Crippen molar-refractivity contribution in [2.75, 3.05) is 0 Å². The SMILES string of the molecule is OC(Cc1cnc(-c2ccc(Cl)c(Cl)c2)s1)c1ccncc1. The van der Waals surface area contributed by atoms with E-state index in [0.717, 1.165) is 21.0 Å². The van der Waals surface area contributed by atoms with Gasteiger partial charge in [-0.25, -0.2) is 4.98 Å². The van der Waals surface area contributed by atoms with Crippen LogP contribution in [0.3, 0.4) is 0 Å². The van der Waals surface area contributed by atoms with Gasteiger partial charge in [0.15, 0.2) is 0 Å². The smallest absolute Gasteiger partial charge is 0.123 e. The number of halogens is 2. The summed E-state index contributed by atoms with van der Waals surface area (Å²) in [4.78, 5) is 9.35. The van der Waals surface area contributed by atoms with E-state index in [9.17, 15) is 5.11 Å². The first kappa shape index (κ1) is 15.4. The van der Waals surface area contributed by atoms with E-state index in [0.29, 0.717) is 16.5 Å². The van der Waals surface area contributed by atoms with Crippen molar-refractivity contribution >= 4 is 34.5 Å². The number of rotatable bonds is 4. The molecule has 3 nitrogen and oxygen atoms in total. The number of nitrogens with zero attached hydrogens (tertiary/aromatic N) is 2. The van der Waals surface area contributed by atoms with E-state index in [1.54, 1.807) is 30.7 Å². The van der Waals surface area contributed by atoms with Gasteiger partial charge in [-0.2, -0.15) is 0 Å². The lowest BCUT2D eigenvalue weighted by Crippen LogP contribution is -2.00. The summed E-state index contributed by atoms with van der Waals surface area (Å²) >= 11 is 13.5. The van der Waals surface area contributed by atoms with Crippen molar-refractivity contribution in [3.63, 3.8) is 0 Å². The highest BCUT2D eigenvalue weighted by Crippen LogP contribution is 2.32. The molecule has 6 heteroatoms. The molecule has 0 aliphatic carbocycles. The number of aromatic nitrogens is 2. The van der Waals surface area contributed by atoms with E-state index in [2.05, 4.69) is 9.97 Å². The van der Waals surface area contributed by atoms with E-state index < -0.39 is 6.10 Å². The molecule has 0 saturated carbocycles. The minimum Gasteiger partial charge on any atom is -0.388 e. The van der Waals surface area contributed by atoms with Crippen LogP contribution in [0.4, 0.5) is 0 Å². The second-order valence-corrected chi connectivity index (χ2v) is 6.69. The zero-order chi connectivity index (χ0) is 15.5. The molecule has 0 spiro atoms. The van der Waals surface area contributed by atoms with Crippen molar-refractivity contribution in [3.8, 4) is 10.6 Å². The molecule has 1 unspecified atom stereocenters. The van der Waals surface area contributed by atoms with Crippen LogP contribution in [0, 0.1) is 0 Å². The average molecular weight is 351 g/mol. The molecule has 0 aliphatic rings. The maximum Gasteiger partial charge on any atom is 0.123 e. The van der Waals surface area contributed by atoms with Crippen LogP contribution in [0.1, 0.15) is 16.5 Å². The van der Waals surface area contributed by atoms with Crippen LogP contribution in [-0.2, 0) is 6.42 Å². The number of aliphatic hydroxyl groups excluding tert-OH is 1. The maximum atomic E-state index is 10.2. The number of benzene rings is 1. The maximum absolute atomic E-state index is 10.2. The fourth-order valence-electron chi connectivity index (χ4n) is 2.06. The fraction of sp³-hybridized carbons (Fsp3) is 0.125. The van der Waals surface area contributed by atoms with Gasteiger partial charge in [-0.05, 0) is 29.8 Å². The van der Waals surface area contributed by atoms with Crippen molar-refractivity contribution in [3.05, 3.63) is 69.4 Å². The zero-order valence-corrected chi connectivity index (χ0v) is 13.7. The predicted molar refractivity (Wildman–Crippen MR) is 90.5 cm³/mol. The molecule has 0 amide bonds. The summed E-state index contributed by atoms with van der Waals surface area (Å²) in [7, 11) is 0. The Morgan fingerprint density at radius 2 is 1.86 bits per heavy atom. The Kier molecular flexibility index (Phi) is 4.74. The van der Waals surface area contributed by atoms with E-state index >= 15 is 0 Å². The molecular formula is C16H12Cl2N2OS. The molecular weight excluding hydrogens is 339 g/mol. The Bertz CT molecular complexity index is 777. The quantitative estimate of drug-likeness (QED) is 0.735. The summed E-state index contributed by atoms with van der Waals surface area (Å²) < 4.78 is 0. The summed E-state index contributed by atoms with van der Waals surface area (Å²) in [6.45, 7) is 0. The van der Waals surface area contributed by atoms with Crippen LogP contribution >= 0.6 is 34.5 Å². The number of pyridine rings is 1. The highest BCUT2D eigenvalue weighted by molar-refractivity contribution is 7.15. The Morgan fingerprint density at radius 3 is 2.59 bits per heavy atom. The van der Waals surface area contributed by atoms with Gasteiger partial charge in [-0.3, -0.25) is 4.98 Å². The molecule has 3 rings (SSSR count). The Balaban J connectivity index is 1.77. The van der Waals surface area contributed by atoms with Gasteiger partial charge >= 0.3 is 0 Å². The Labute approximate surface area is 142 Å². The lowest BCUT2D eigenvalue weighted by atomic mass is 10.1. The summed E-state index contributed by atoms with van der Waals surface area (Å²) in [6.07, 6.45) is 5.08. The Hall–Kier alpha value is -1.46. The molecule has 1 atom stereocenters. The third kappa shape index (κ3) is 3.47. The summed E-state index contributed by atoms with van der Waals surface area (Å²) in [5.41, 5.74) is 1.77. The van der Waals surface area contributed by atoms with Crippen molar-refractivity contribution in [2.45, 2.75) is 12.5 Å². The standard InChI is InChI=1S/C16H12Cl2N2OS/c17-13-2-1-11(7-14(13)18)16-20-9-12(22-16)8-15(21)10-3-5-19-6-4-10/h1-7,9,15,21H,8H2. The molecule has 2 aromatic heterocycles. The van der Waals surface area contributed by atoms with Gasteiger partial charge in [0.2, 0.25) is 0 Å². The first-order chi connectivity index (χ1) is 10.6.